The minimum absolute atomic E-state index is 0.0448. The number of fused-ring (bicyclic) bond motifs is 1. The Morgan fingerprint density at radius 1 is 1.44 bits per heavy atom. The van der Waals surface area contributed by atoms with E-state index in [1.165, 1.54) is 11.0 Å². The van der Waals surface area contributed by atoms with Crippen LogP contribution in [0.4, 0.5) is 5.69 Å². The Morgan fingerprint density at radius 3 is 2.67 bits per heavy atom. The zero-order valence-electron chi connectivity index (χ0n) is 10.5. The molecule has 1 aromatic carbocycles. The van der Waals surface area contributed by atoms with Gasteiger partial charge in [0.15, 0.2) is 0 Å². The third kappa shape index (κ3) is 1.90. The average Bonchev–Trinajstić information content (AvgIpc) is 2.56. The lowest BCUT2D eigenvalue weighted by molar-refractivity contribution is -0.385. The number of rotatable bonds is 3. The first-order chi connectivity index (χ1) is 8.41. The number of nitro groups is 1. The highest BCUT2D eigenvalue weighted by Gasteiger charge is 2.35. The molecule has 1 aliphatic rings. The van der Waals surface area contributed by atoms with Gasteiger partial charge in [0.1, 0.15) is 11.3 Å². The fourth-order valence-corrected chi connectivity index (χ4v) is 2.03. The van der Waals surface area contributed by atoms with E-state index in [-0.39, 0.29) is 23.3 Å². The fourth-order valence-electron chi connectivity index (χ4n) is 2.03. The standard InChI is InChI=1S/C12H14N2O4/c1-7(2)18-10-5-4-9(14(16)17)11-8(10)6-13(3)12(11)15/h4-5,7H,6H2,1-3H3. The molecule has 0 spiro atoms. The first-order valence-electron chi connectivity index (χ1n) is 5.64. The summed E-state index contributed by atoms with van der Waals surface area (Å²) in [5.74, 6) is 0.217. The van der Waals surface area contributed by atoms with Crippen LogP contribution < -0.4 is 4.74 Å². The molecular formula is C12H14N2O4. The van der Waals surface area contributed by atoms with Crippen molar-refractivity contribution < 1.29 is 14.5 Å². The van der Waals surface area contributed by atoms with Crippen molar-refractivity contribution in [2.75, 3.05) is 7.05 Å². The molecule has 0 saturated heterocycles. The lowest BCUT2D eigenvalue weighted by atomic mass is 10.1. The Hall–Kier alpha value is -2.11. The molecule has 6 nitrogen and oxygen atoms in total. The maximum atomic E-state index is 11.9. The number of nitrogens with zero attached hydrogens (tertiary/aromatic N) is 2. The summed E-state index contributed by atoms with van der Waals surface area (Å²) in [5.41, 5.74) is 0.599. The van der Waals surface area contributed by atoms with Gasteiger partial charge >= 0.3 is 0 Å². The summed E-state index contributed by atoms with van der Waals surface area (Å²) in [7, 11) is 1.62. The van der Waals surface area contributed by atoms with Gasteiger partial charge in [-0.15, -0.1) is 0 Å². The second-order valence-corrected chi connectivity index (χ2v) is 4.52. The Balaban J connectivity index is 2.58. The molecule has 0 unspecified atom stereocenters. The Bertz CT molecular complexity index is 525. The van der Waals surface area contributed by atoms with Gasteiger partial charge in [0.2, 0.25) is 0 Å². The molecule has 0 aromatic heterocycles. The number of ether oxygens (including phenoxy) is 1. The molecule has 0 saturated carbocycles. The summed E-state index contributed by atoms with van der Waals surface area (Å²) in [6.45, 7) is 4.08. The summed E-state index contributed by atoms with van der Waals surface area (Å²) in [5, 5.41) is 10.9. The Kier molecular flexibility index (Phi) is 2.94. The number of carbonyl (C=O) groups excluding carboxylic acids is 1. The largest absolute Gasteiger partial charge is 0.491 e. The van der Waals surface area contributed by atoms with Crippen LogP contribution in [0.1, 0.15) is 29.8 Å². The molecule has 0 N–H and O–H groups in total. The van der Waals surface area contributed by atoms with Crippen LogP contribution in [0.2, 0.25) is 0 Å². The third-order valence-corrected chi connectivity index (χ3v) is 2.76. The Morgan fingerprint density at radius 2 is 2.11 bits per heavy atom. The van der Waals surface area contributed by atoms with Gasteiger partial charge in [-0.05, 0) is 19.9 Å². The van der Waals surface area contributed by atoms with E-state index < -0.39 is 4.92 Å². The zero-order chi connectivity index (χ0) is 13.4. The second-order valence-electron chi connectivity index (χ2n) is 4.52. The number of amides is 1. The molecule has 0 atom stereocenters. The minimum Gasteiger partial charge on any atom is -0.491 e. The van der Waals surface area contributed by atoms with Crippen LogP contribution in [-0.2, 0) is 6.54 Å². The maximum Gasteiger partial charge on any atom is 0.282 e. The molecule has 1 aliphatic heterocycles. The quantitative estimate of drug-likeness (QED) is 0.607. The van der Waals surface area contributed by atoms with Gasteiger partial charge in [0.05, 0.1) is 17.6 Å². The number of nitro benzene ring substituents is 1. The first-order valence-corrected chi connectivity index (χ1v) is 5.64. The van der Waals surface area contributed by atoms with E-state index in [2.05, 4.69) is 0 Å². The molecule has 0 aliphatic carbocycles. The predicted molar refractivity (Wildman–Crippen MR) is 64.7 cm³/mol. The molecule has 0 bridgehead atoms. The summed E-state index contributed by atoms with van der Waals surface area (Å²) >= 11 is 0. The topological polar surface area (TPSA) is 72.7 Å². The van der Waals surface area contributed by atoms with Crippen LogP contribution in [0, 0.1) is 10.1 Å². The van der Waals surface area contributed by atoms with Crippen molar-refractivity contribution in [2.24, 2.45) is 0 Å². The van der Waals surface area contributed by atoms with E-state index >= 15 is 0 Å². The summed E-state index contributed by atoms with van der Waals surface area (Å²) < 4.78 is 5.59. The molecule has 1 heterocycles. The van der Waals surface area contributed by atoms with Gasteiger partial charge in [-0.3, -0.25) is 14.9 Å². The van der Waals surface area contributed by atoms with Gasteiger partial charge in [-0.2, -0.15) is 0 Å². The van der Waals surface area contributed by atoms with Crippen molar-refractivity contribution in [3.05, 3.63) is 33.4 Å². The van der Waals surface area contributed by atoms with Gasteiger partial charge in [-0.25, -0.2) is 0 Å². The van der Waals surface area contributed by atoms with Gasteiger partial charge in [0, 0.05) is 18.7 Å². The van der Waals surface area contributed by atoms with Gasteiger partial charge in [-0.1, -0.05) is 0 Å². The normalized spacial score (nSPS) is 14.0. The predicted octanol–water partition coefficient (Wildman–Crippen LogP) is 1.97. The average molecular weight is 250 g/mol. The van der Waals surface area contributed by atoms with E-state index in [1.807, 2.05) is 13.8 Å². The zero-order valence-corrected chi connectivity index (χ0v) is 10.5. The van der Waals surface area contributed by atoms with Gasteiger partial charge in [0.25, 0.3) is 11.6 Å². The molecule has 0 fully saturated rings. The van der Waals surface area contributed by atoms with Crippen LogP contribution in [0.5, 0.6) is 5.75 Å². The van der Waals surface area contributed by atoms with E-state index in [4.69, 9.17) is 4.74 Å². The van der Waals surface area contributed by atoms with Crippen LogP contribution >= 0.6 is 0 Å². The number of hydrogen-bond donors (Lipinski definition) is 0. The van der Waals surface area contributed by atoms with Crippen LogP contribution in [0.3, 0.4) is 0 Å². The highest BCUT2D eigenvalue weighted by Crippen LogP contribution is 2.36. The molecular weight excluding hydrogens is 236 g/mol. The number of benzene rings is 1. The molecule has 18 heavy (non-hydrogen) atoms. The minimum atomic E-state index is -0.533. The fraction of sp³-hybridized carbons (Fsp3) is 0.417. The lowest BCUT2D eigenvalue weighted by Gasteiger charge is -2.13. The van der Waals surface area contributed by atoms with Crippen molar-refractivity contribution in [2.45, 2.75) is 26.5 Å². The van der Waals surface area contributed by atoms with E-state index in [1.54, 1.807) is 13.1 Å². The molecule has 1 amide bonds. The van der Waals surface area contributed by atoms with Crippen molar-refractivity contribution >= 4 is 11.6 Å². The second kappa shape index (κ2) is 4.29. The summed E-state index contributed by atoms with van der Waals surface area (Å²) in [6.07, 6.45) is -0.0448. The first kappa shape index (κ1) is 12.3. The van der Waals surface area contributed by atoms with E-state index in [0.717, 1.165) is 0 Å². The van der Waals surface area contributed by atoms with E-state index in [9.17, 15) is 14.9 Å². The lowest BCUT2D eigenvalue weighted by Crippen LogP contribution is -2.18. The molecule has 2 rings (SSSR count). The third-order valence-electron chi connectivity index (χ3n) is 2.76. The van der Waals surface area contributed by atoms with Crippen molar-refractivity contribution in [1.82, 2.24) is 4.90 Å². The number of hydrogen-bond acceptors (Lipinski definition) is 4. The van der Waals surface area contributed by atoms with Crippen molar-refractivity contribution in [1.29, 1.82) is 0 Å². The van der Waals surface area contributed by atoms with Crippen molar-refractivity contribution in [3.8, 4) is 5.75 Å². The Labute approximate surface area is 104 Å². The van der Waals surface area contributed by atoms with Crippen LogP contribution in [0.25, 0.3) is 0 Å². The van der Waals surface area contributed by atoms with Crippen molar-refractivity contribution in [3.63, 3.8) is 0 Å². The summed E-state index contributed by atoms with van der Waals surface area (Å²) in [4.78, 5) is 23.8. The van der Waals surface area contributed by atoms with Gasteiger partial charge < -0.3 is 9.64 Å². The maximum absolute atomic E-state index is 11.9. The number of carbonyl (C=O) groups is 1. The monoisotopic (exact) mass is 250 g/mol. The highest BCUT2D eigenvalue weighted by atomic mass is 16.6. The van der Waals surface area contributed by atoms with E-state index in [0.29, 0.717) is 17.9 Å². The SMILES string of the molecule is CC(C)Oc1ccc([N+](=O)[O-])c2c1CN(C)C2=O. The smallest absolute Gasteiger partial charge is 0.282 e. The molecule has 1 aromatic rings. The molecule has 0 radical (unpaired) electrons. The molecule has 6 heteroatoms. The van der Waals surface area contributed by atoms with Crippen LogP contribution in [-0.4, -0.2) is 28.9 Å². The highest BCUT2D eigenvalue weighted by molar-refractivity contribution is 6.02. The summed E-state index contributed by atoms with van der Waals surface area (Å²) in [6, 6.07) is 2.89. The van der Waals surface area contributed by atoms with Crippen LogP contribution in [0.15, 0.2) is 12.1 Å². The molecule has 96 valence electrons.